The molecule has 3 heteroatoms. The van der Waals surface area contributed by atoms with Crippen molar-refractivity contribution in [1.29, 1.82) is 0 Å². The van der Waals surface area contributed by atoms with Gasteiger partial charge in [0.2, 0.25) is 0 Å². The first-order valence-electron chi connectivity index (χ1n) is 5.50. The van der Waals surface area contributed by atoms with Crippen molar-refractivity contribution < 1.29 is 0 Å². The number of rotatable bonds is 3. The zero-order valence-electron chi connectivity index (χ0n) is 10.4. The number of hydrogen-bond donors (Lipinski definition) is 1. The van der Waals surface area contributed by atoms with Crippen molar-refractivity contribution in [2.24, 2.45) is 5.73 Å². The van der Waals surface area contributed by atoms with Gasteiger partial charge in [-0.2, -0.15) is 0 Å². The third kappa shape index (κ3) is 2.58. The summed E-state index contributed by atoms with van der Waals surface area (Å²) >= 11 is 1.75. The molecule has 1 aromatic rings. The minimum absolute atomic E-state index is 0.0417. The zero-order chi connectivity index (χ0) is 11.7. The number of hydrogen-bond acceptors (Lipinski definition) is 3. The summed E-state index contributed by atoms with van der Waals surface area (Å²) in [5.41, 5.74) is 7.17. The van der Waals surface area contributed by atoms with Crippen LogP contribution in [0, 0.1) is 0 Å². The highest BCUT2D eigenvalue weighted by molar-refractivity contribution is 7.09. The molecule has 0 saturated heterocycles. The summed E-state index contributed by atoms with van der Waals surface area (Å²) < 4.78 is 0. The van der Waals surface area contributed by atoms with Crippen molar-refractivity contribution in [2.45, 2.75) is 51.9 Å². The number of thiazole rings is 1. The quantitative estimate of drug-likeness (QED) is 0.860. The van der Waals surface area contributed by atoms with Gasteiger partial charge in [0.05, 0.1) is 10.7 Å². The van der Waals surface area contributed by atoms with Crippen LogP contribution in [0.2, 0.25) is 0 Å². The van der Waals surface area contributed by atoms with E-state index in [-0.39, 0.29) is 10.8 Å². The molecule has 0 radical (unpaired) electrons. The molecule has 0 aliphatic heterocycles. The summed E-state index contributed by atoms with van der Waals surface area (Å²) in [6.07, 6.45) is 1.04. The van der Waals surface area contributed by atoms with Gasteiger partial charge >= 0.3 is 0 Å². The number of nitrogens with two attached hydrogens (primary N) is 1. The topological polar surface area (TPSA) is 38.9 Å². The highest BCUT2D eigenvalue weighted by atomic mass is 32.1. The lowest BCUT2D eigenvalue weighted by molar-refractivity contribution is 0.451. The lowest BCUT2D eigenvalue weighted by Crippen LogP contribution is -2.31. The lowest BCUT2D eigenvalue weighted by atomic mass is 9.84. The van der Waals surface area contributed by atoms with Crippen molar-refractivity contribution in [3.8, 4) is 0 Å². The fourth-order valence-corrected chi connectivity index (χ4v) is 2.39. The summed E-state index contributed by atoms with van der Waals surface area (Å²) in [6, 6.07) is 0. The molecule has 0 aliphatic rings. The summed E-state index contributed by atoms with van der Waals surface area (Å²) in [6.45, 7) is 11.6. The molecule has 15 heavy (non-hydrogen) atoms. The molecular weight excluding hydrogens is 204 g/mol. The standard InChI is InChI=1S/C12H22N2S/c1-6-12(5,8-13)9-7-15-10(14-9)11(2,3)4/h7H,6,8,13H2,1-5H3. The molecule has 0 aliphatic carbocycles. The van der Waals surface area contributed by atoms with Crippen LogP contribution in [0.4, 0.5) is 0 Å². The van der Waals surface area contributed by atoms with Crippen molar-refractivity contribution in [2.75, 3.05) is 6.54 Å². The molecule has 2 nitrogen and oxygen atoms in total. The maximum atomic E-state index is 5.83. The van der Waals surface area contributed by atoms with Crippen LogP contribution in [0.25, 0.3) is 0 Å². The molecule has 1 aromatic heterocycles. The molecule has 1 atom stereocenters. The number of aromatic nitrogens is 1. The van der Waals surface area contributed by atoms with Gasteiger partial charge < -0.3 is 5.73 Å². The van der Waals surface area contributed by atoms with Gasteiger partial charge in [-0.1, -0.05) is 34.6 Å². The predicted molar refractivity (Wildman–Crippen MR) is 67.5 cm³/mol. The Morgan fingerprint density at radius 1 is 1.33 bits per heavy atom. The molecule has 0 bridgehead atoms. The van der Waals surface area contributed by atoms with E-state index >= 15 is 0 Å². The Labute approximate surface area is 96.9 Å². The Kier molecular flexibility index (Phi) is 3.56. The second-order valence-electron chi connectivity index (χ2n) is 5.41. The fraction of sp³-hybridized carbons (Fsp3) is 0.750. The van der Waals surface area contributed by atoms with E-state index in [0.717, 1.165) is 12.1 Å². The Balaban J connectivity index is 3.03. The SMILES string of the molecule is CCC(C)(CN)c1csc(C(C)(C)C)n1. The van der Waals surface area contributed by atoms with Crippen LogP contribution in [0.5, 0.6) is 0 Å². The van der Waals surface area contributed by atoms with Crippen LogP contribution in [0.3, 0.4) is 0 Å². The third-order valence-electron chi connectivity index (χ3n) is 3.00. The van der Waals surface area contributed by atoms with Crippen LogP contribution in [0.1, 0.15) is 51.7 Å². The summed E-state index contributed by atoms with van der Waals surface area (Å²) in [5.74, 6) is 0. The first-order valence-corrected chi connectivity index (χ1v) is 6.38. The van der Waals surface area contributed by atoms with E-state index in [1.165, 1.54) is 5.01 Å². The largest absolute Gasteiger partial charge is 0.330 e. The van der Waals surface area contributed by atoms with Gasteiger partial charge in [0.25, 0.3) is 0 Å². The summed E-state index contributed by atoms with van der Waals surface area (Å²) in [4.78, 5) is 4.73. The van der Waals surface area contributed by atoms with Gasteiger partial charge in [0, 0.05) is 22.8 Å². The van der Waals surface area contributed by atoms with E-state index in [2.05, 4.69) is 40.0 Å². The molecule has 0 aromatic carbocycles. The first kappa shape index (κ1) is 12.7. The Bertz CT molecular complexity index is 319. The van der Waals surface area contributed by atoms with E-state index in [1.54, 1.807) is 11.3 Å². The highest BCUT2D eigenvalue weighted by Gasteiger charge is 2.27. The highest BCUT2D eigenvalue weighted by Crippen LogP contribution is 2.32. The van der Waals surface area contributed by atoms with Gasteiger partial charge in [0.15, 0.2) is 0 Å². The third-order valence-corrected chi connectivity index (χ3v) is 4.26. The first-order chi connectivity index (χ1) is 6.83. The van der Waals surface area contributed by atoms with Gasteiger partial charge in [-0.25, -0.2) is 4.98 Å². The van der Waals surface area contributed by atoms with Gasteiger partial charge in [-0.05, 0) is 6.42 Å². The normalized spacial score (nSPS) is 16.4. The molecule has 1 heterocycles. The van der Waals surface area contributed by atoms with Crippen LogP contribution >= 0.6 is 11.3 Å². The van der Waals surface area contributed by atoms with Crippen molar-refractivity contribution in [3.05, 3.63) is 16.1 Å². The van der Waals surface area contributed by atoms with Crippen molar-refractivity contribution in [3.63, 3.8) is 0 Å². The van der Waals surface area contributed by atoms with E-state index in [1.807, 2.05) is 0 Å². The fourth-order valence-electron chi connectivity index (χ4n) is 1.33. The molecule has 2 N–H and O–H groups in total. The smallest absolute Gasteiger partial charge is 0.0982 e. The van der Waals surface area contributed by atoms with Crippen LogP contribution < -0.4 is 5.73 Å². The van der Waals surface area contributed by atoms with E-state index in [4.69, 9.17) is 10.7 Å². The second kappa shape index (κ2) is 4.22. The Morgan fingerprint density at radius 2 is 1.93 bits per heavy atom. The van der Waals surface area contributed by atoms with Crippen LogP contribution in [-0.2, 0) is 10.8 Å². The zero-order valence-corrected chi connectivity index (χ0v) is 11.2. The molecule has 0 saturated carbocycles. The van der Waals surface area contributed by atoms with E-state index in [9.17, 15) is 0 Å². The molecule has 1 unspecified atom stereocenters. The molecule has 0 fully saturated rings. The molecule has 0 amide bonds. The Hall–Kier alpha value is -0.410. The molecule has 86 valence electrons. The van der Waals surface area contributed by atoms with Crippen molar-refractivity contribution in [1.82, 2.24) is 4.98 Å². The second-order valence-corrected chi connectivity index (χ2v) is 6.26. The van der Waals surface area contributed by atoms with Crippen LogP contribution in [-0.4, -0.2) is 11.5 Å². The van der Waals surface area contributed by atoms with E-state index in [0.29, 0.717) is 6.54 Å². The van der Waals surface area contributed by atoms with Crippen molar-refractivity contribution >= 4 is 11.3 Å². The predicted octanol–water partition coefficient (Wildman–Crippen LogP) is 3.07. The summed E-state index contributed by atoms with van der Waals surface area (Å²) in [7, 11) is 0. The minimum Gasteiger partial charge on any atom is -0.330 e. The van der Waals surface area contributed by atoms with Gasteiger partial charge in [0.1, 0.15) is 0 Å². The van der Waals surface area contributed by atoms with Gasteiger partial charge in [-0.15, -0.1) is 11.3 Å². The van der Waals surface area contributed by atoms with Gasteiger partial charge in [-0.3, -0.25) is 0 Å². The monoisotopic (exact) mass is 226 g/mol. The van der Waals surface area contributed by atoms with Crippen LogP contribution in [0.15, 0.2) is 5.38 Å². The molecular formula is C12H22N2S. The summed E-state index contributed by atoms with van der Waals surface area (Å²) in [5, 5.41) is 3.36. The lowest BCUT2D eigenvalue weighted by Gasteiger charge is -2.24. The average molecular weight is 226 g/mol. The van der Waals surface area contributed by atoms with E-state index < -0.39 is 0 Å². The maximum absolute atomic E-state index is 5.83. The minimum atomic E-state index is 0.0417. The number of nitrogens with zero attached hydrogens (tertiary/aromatic N) is 1. The maximum Gasteiger partial charge on any atom is 0.0982 e. The molecule has 0 spiro atoms. The molecule has 1 rings (SSSR count). The average Bonchev–Trinajstić information content (AvgIpc) is 2.65. The Morgan fingerprint density at radius 3 is 2.27 bits per heavy atom.